The highest BCUT2D eigenvalue weighted by atomic mass is 15.2. The van der Waals surface area contributed by atoms with Gasteiger partial charge in [0.15, 0.2) is 0 Å². The van der Waals surface area contributed by atoms with Crippen molar-refractivity contribution in [3.63, 3.8) is 0 Å². The zero-order valence-electron chi connectivity index (χ0n) is 12.6. The van der Waals surface area contributed by atoms with Gasteiger partial charge in [-0.1, -0.05) is 20.8 Å². The summed E-state index contributed by atoms with van der Waals surface area (Å²) in [6, 6.07) is 0.692. The third-order valence-electron chi connectivity index (χ3n) is 3.44. The van der Waals surface area contributed by atoms with Crippen LogP contribution in [0.15, 0.2) is 6.33 Å². The minimum Gasteiger partial charge on any atom is -0.370 e. The second-order valence-corrected chi connectivity index (χ2v) is 5.69. The molecule has 0 aromatic carbocycles. The molecule has 1 saturated carbocycles. The first-order chi connectivity index (χ1) is 9.17. The van der Waals surface area contributed by atoms with Gasteiger partial charge >= 0.3 is 0 Å². The van der Waals surface area contributed by atoms with Crippen LogP contribution in [-0.2, 0) is 6.42 Å². The van der Waals surface area contributed by atoms with Crippen molar-refractivity contribution in [3.05, 3.63) is 11.9 Å². The van der Waals surface area contributed by atoms with Gasteiger partial charge in [-0.3, -0.25) is 0 Å². The van der Waals surface area contributed by atoms with Gasteiger partial charge in [-0.15, -0.1) is 0 Å². The van der Waals surface area contributed by atoms with Crippen molar-refractivity contribution in [1.82, 2.24) is 9.97 Å². The summed E-state index contributed by atoms with van der Waals surface area (Å²) in [5.74, 6) is 2.80. The van der Waals surface area contributed by atoms with Crippen molar-refractivity contribution in [2.24, 2.45) is 5.92 Å². The number of nitrogens with zero attached hydrogens (tertiary/aromatic N) is 3. The summed E-state index contributed by atoms with van der Waals surface area (Å²) in [7, 11) is 0. The molecule has 1 fully saturated rings. The quantitative estimate of drug-likeness (QED) is 0.820. The number of aromatic nitrogens is 2. The molecule has 0 amide bonds. The lowest BCUT2D eigenvalue weighted by Gasteiger charge is -2.28. The molecule has 1 heterocycles. The van der Waals surface area contributed by atoms with E-state index >= 15 is 0 Å². The lowest BCUT2D eigenvalue weighted by Crippen LogP contribution is -2.32. The molecular weight excluding hydrogens is 236 g/mol. The molecule has 0 spiro atoms. The molecule has 0 saturated heterocycles. The molecule has 1 aliphatic rings. The maximum Gasteiger partial charge on any atom is 0.137 e. The predicted octanol–water partition coefficient (Wildman–Crippen LogP) is 3.10. The maximum absolute atomic E-state index is 4.58. The molecule has 1 aromatic heterocycles. The first-order valence-electron chi connectivity index (χ1n) is 7.51. The summed E-state index contributed by atoms with van der Waals surface area (Å²) >= 11 is 0. The van der Waals surface area contributed by atoms with Gasteiger partial charge in [0.05, 0.1) is 0 Å². The number of rotatable bonds is 7. The second kappa shape index (κ2) is 6.22. The Kier molecular flexibility index (Phi) is 4.61. The lowest BCUT2D eigenvalue weighted by molar-refractivity contribution is 0.600. The molecule has 0 bridgehead atoms. The predicted molar refractivity (Wildman–Crippen MR) is 80.8 cm³/mol. The number of hydrogen-bond donors (Lipinski definition) is 1. The Balaban J connectivity index is 2.32. The van der Waals surface area contributed by atoms with Crippen LogP contribution < -0.4 is 10.2 Å². The van der Waals surface area contributed by atoms with Crippen molar-refractivity contribution < 1.29 is 0 Å². The third kappa shape index (κ3) is 3.37. The average molecular weight is 262 g/mol. The van der Waals surface area contributed by atoms with Crippen LogP contribution in [0, 0.1) is 5.92 Å². The van der Waals surface area contributed by atoms with E-state index < -0.39 is 0 Å². The van der Waals surface area contributed by atoms with Crippen LogP contribution in [0.3, 0.4) is 0 Å². The first kappa shape index (κ1) is 14.1. The summed E-state index contributed by atoms with van der Waals surface area (Å²) < 4.78 is 0. The smallest absolute Gasteiger partial charge is 0.137 e. The lowest BCUT2D eigenvalue weighted by atomic mass is 10.1. The standard InChI is InChI=1S/C15H26N4/c1-5-13-14(16-6-2)17-10-18-15(13)19(9-11(3)4)12-7-8-12/h10-12H,5-9H2,1-4H3,(H,16,17,18). The normalized spacial score (nSPS) is 14.8. The molecule has 4 heteroatoms. The number of anilines is 2. The van der Waals surface area contributed by atoms with Gasteiger partial charge in [0, 0.05) is 24.7 Å². The second-order valence-electron chi connectivity index (χ2n) is 5.69. The summed E-state index contributed by atoms with van der Waals surface area (Å²) in [4.78, 5) is 11.5. The highest BCUT2D eigenvalue weighted by molar-refractivity contribution is 5.59. The van der Waals surface area contributed by atoms with E-state index in [0.29, 0.717) is 12.0 Å². The highest BCUT2D eigenvalue weighted by Crippen LogP contribution is 2.34. The van der Waals surface area contributed by atoms with Gasteiger partial charge in [0.25, 0.3) is 0 Å². The Morgan fingerprint density at radius 1 is 1.32 bits per heavy atom. The highest BCUT2D eigenvalue weighted by Gasteiger charge is 2.32. The van der Waals surface area contributed by atoms with Crippen LogP contribution in [-0.4, -0.2) is 29.1 Å². The topological polar surface area (TPSA) is 41.1 Å². The molecular formula is C15H26N4. The Morgan fingerprint density at radius 3 is 2.58 bits per heavy atom. The van der Waals surface area contributed by atoms with Crippen LogP contribution in [0.1, 0.15) is 46.1 Å². The van der Waals surface area contributed by atoms with Crippen molar-refractivity contribution in [3.8, 4) is 0 Å². The van der Waals surface area contributed by atoms with E-state index in [-0.39, 0.29) is 0 Å². The van der Waals surface area contributed by atoms with Crippen molar-refractivity contribution in [2.75, 3.05) is 23.3 Å². The molecule has 1 aliphatic carbocycles. The van der Waals surface area contributed by atoms with E-state index in [1.165, 1.54) is 18.4 Å². The SMILES string of the molecule is CCNc1ncnc(N(CC(C)C)C2CC2)c1CC. The molecule has 106 valence electrons. The summed E-state index contributed by atoms with van der Waals surface area (Å²) in [5.41, 5.74) is 1.26. The van der Waals surface area contributed by atoms with Gasteiger partial charge in [0.2, 0.25) is 0 Å². The fraction of sp³-hybridized carbons (Fsp3) is 0.733. The summed E-state index contributed by atoms with van der Waals surface area (Å²) in [6.45, 7) is 10.8. The number of hydrogen-bond acceptors (Lipinski definition) is 4. The fourth-order valence-corrected chi connectivity index (χ4v) is 2.48. The Labute approximate surface area is 116 Å². The van der Waals surface area contributed by atoms with Crippen molar-refractivity contribution in [1.29, 1.82) is 0 Å². The maximum atomic E-state index is 4.58. The van der Waals surface area contributed by atoms with Gasteiger partial charge < -0.3 is 10.2 Å². The van der Waals surface area contributed by atoms with Gasteiger partial charge in [0.1, 0.15) is 18.0 Å². The minimum absolute atomic E-state index is 0.655. The zero-order chi connectivity index (χ0) is 13.8. The molecule has 2 rings (SSSR count). The average Bonchev–Trinajstić information content (AvgIpc) is 3.20. The van der Waals surface area contributed by atoms with Crippen molar-refractivity contribution in [2.45, 2.75) is 53.0 Å². The van der Waals surface area contributed by atoms with Crippen LogP contribution in [0.5, 0.6) is 0 Å². The minimum atomic E-state index is 0.655. The van der Waals surface area contributed by atoms with Gasteiger partial charge in [-0.25, -0.2) is 9.97 Å². The van der Waals surface area contributed by atoms with E-state index in [9.17, 15) is 0 Å². The Bertz CT molecular complexity index is 413. The third-order valence-corrected chi connectivity index (χ3v) is 3.44. The molecule has 0 atom stereocenters. The summed E-state index contributed by atoms with van der Waals surface area (Å²) in [6.07, 6.45) is 5.27. The van der Waals surface area contributed by atoms with Gasteiger partial charge in [-0.2, -0.15) is 0 Å². The van der Waals surface area contributed by atoms with Crippen LogP contribution >= 0.6 is 0 Å². The first-order valence-corrected chi connectivity index (χ1v) is 7.51. The van der Waals surface area contributed by atoms with Crippen LogP contribution in [0.4, 0.5) is 11.6 Å². The molecule has 1 aromatic rings. The molecule has 0 aliphatic heterocycles. The number of nitrogens with one attached hydrogen (secondary N) is 1. The fourth-order valence-electron chi connectivity index (χ4n) is 2.48. The Hall–Kier alpha value is -1.32. The van der Waals surface area contributed by atoms with E-state index in [0.717, 1.165) is 31.1 Å². The zero-order valence-corrected chi connectivity index (χ0v) is 12.6. The monoisotopic (exact) mass is 262 g/mol. The van der Waals surface area contributed by atoms with Crippen LogP contribution in [0.2, 0.25) is 0 Å². The molecule has 0 radical (unpaired) electrons. The van der Waals surface area contributed by atoms with E-state index in [1.54, 1.807) is 6.33 Å². The van der Waals surface area contributed by atoms with E-state index in [2.05, 4.69) is 47.9 Å². The summed E-state index contributed by atoms with van der Waals surface area (Å²) in [5, 5.41) is 3.36. The van der Waals surface area contributed by atoms with E-state index in [4.69, 9.17) is 0 Å². The Morgan fingerprint density at radius 2 is 2.05 bits per heavy atom. The largest absolute Gasteiger partial charge is 0.370 e. The van der Waals surface area contributed by atoms with E-state index in [1.807, 2.05) is 0 Å². The molecule has 19 heavy (non-hydrogen) atoms. The van der Waals surface area contributed by atoms with Gasteiger partial charge in [-0.05, 0) is 32.1 Å². The molecule has 0 unspecified atom stereocenters. The van der Waals surface area contributed by atoms with Crippen molar-refractivity contribution >= 4 is 11.6 Å². The molecule has 1 N–H and O–H groups in total. The van der Waals surface area contributed by atoms with Crippen LogP contribution in [0.25, 0.3) is 0 Å². The molecule has 4 nitrogen and oxygen atoms in total.